The molecule has 1 aromatic carbocycles. The Labute approximate surface area is 150 Å². The molecule has 0 N–H and O–H groups in total. The van der Waals surface area contributed by atoms with Crippen LogP contribution in [-0.4, -0.2) is 41.2 Å². The van der Waals surface area contributed by atoms with Crippen molar-refractivity contribution in [2.45, 2.75) is 19.3 Å². The number of furan rings is 1. The van der Waals surface area contributed by atoms with Gasteiger partial charge in [0.15, 0.2) is 17.3 Å². The van der Waals surface area contributed by atoms with Crippen LogP contribution in [-0.2, 0) is 4.74 Å². The average molecular weight is 353 g/mol. The third kappa shape index (κ3) is 2.64. The minimum Gasteiger partial charge on any atom is -0.486 e. The standard InChI is InChI=1S/C19H19N3O4/c1-12-2-4-16(26-12)18-20-19(13-6-7-23-11-13)22(21-18)14-3-5-15-17(10-14)25-9-8-24-15/h2-5,10,13H,6-9,11H2,1H3/t13-/m0/s1. The van der Waals surface area contributed by atoms with E-state index in [4.69, 9.17) is 28.7 Å². The van der Waals surface area contributed by atoms with Crippen LogP contribution in [0.5, 0.6) is 11.5 Å². The number of aromatic nitrogens is 3. The first kappa shape index (κ1) is 15.5. The van der Waals surface area contributed by atoms with Gasteiger partial charge in [0.05, 0.1) is 12.3 Å². The fourth-order valence-electron chi connectivity index (χ4n) is 3.34. The van der Waals surface area contributed by atoms with E-state index >= 15 is 0 Å². The van der Waals surface area contributed by atoms with Crippen LogP contribution in [0.4, 0.5) is 0 Å². The number of rotatable bonds is 3. The van der Waals surface area contributed by atoms with E-state index in [1.54, 1.807) is 0 Å². The molecule has 0 spiro atoms. The van der Waals surface area contributed by atoms with Crippen LogP contribution in [0.15, 0.2) is 34.7 Å². The Kier molecular flexibility index (Phi) is 3.67. The highest BCUT2D eigenvalue weighted by atomic mass is 16.6. The molecule has 134 valence electrons. The van der Waals surface area contributed by atoms with Crippen molar-refractivity contribution in [1.29, 1.82) is 0 Å². The molecule has 0 bridgehead atoms. The molecule has 1 atom stereocenters. The smallest absolute Gasteiger partial charge is 0.217 e. The van der Waals surface area contributed by atoms with Crippen LogP contribution in [0, 0.1) is 6.92 Å². The number of nitrogens with zero attached hydrogens (tertiary/aromatic N) is 3. The summed E-state index contributed by atoms with van der Waals surface area (Å²) in [4.78, 5) is 4.77. The molecule has 7 nitrogen and oxygen atoms in total. The lowest BCUT2D eigenvalue weighted by Gasteiger charge is -2.19. The van der Waals surface area contributed by atoms with E-state index in [9.17, 15) is 0 Å². The number of benzene rings is 1. The maximum atomic E-state index is 5.72. The molecule has 2 aliphatic rings. The van der Waals surface area contributed by atoms with Crippen molar-refractivity contribution in [3.05, 3.63) is 41.9 Å². The first-order valence-electron chi connectivity index (χ1n) is 8.79. The van der Waals surface area contributed by atoms with Gasteiger partial charge in [-0.15, -0.1) is 5.10 Å². The van der Waals surface area contributed by atoms with Crippen LogP contribution in [0.25, 0.3) is 17.3 Å². The Hall–Kier alpha value is -2.80. The second-order valence-electron chi connectivity index (χ2n) is 6.50. The van der Waals surface area contributed by atoms with Gasteiger partial charge in [-0.05, 0) is 37.6 Å². The molecule has 26 heavy (non-hydrogen) atoms. The molecule has 5 rings (SSSR count). The lowest BCUT2D eigenvalue weighted by Crippen LogP contribution is -2.16. The van der Waals surface area contributed by atoms with Crippen LogP contribution in [0.3, 0.4) is 0 Å². The summed E-state index contributed by atoms with van der Waals surface area (Å²) in [5.41, 5.74) is 0.887. The van der Waals surface area contributed by atoms with Crippen molar-refractivity contribution in [2.75, 3.05) is 26.4 Å². The van der Waals surface area contributed by atoms with Crippen molar-refractivity contribution in [1.82, 2.24) is 14.8 Å². The summed E-state index contributed by atoms with van der Waals surface area (Å²) in [5, 5.41) is 4.72. The Morgan fingerprint density at radius 2 is 1.92 bits per heavy atom. The summed E-state index contributed by atoms with van der Waals surface area (Å²) in [6.07, 6.45) is 0.930. The molecule has 2 aliphatic heterocycles. The minimum atomic E-state index is 0.209. The number of ether oxygens (including phenoxy) is 3. The van der Waals surface area contributed by atoms with Gasteiger partial charge in [-0.25, -0.2) is 9.67 Å². The highest BCUT2D eigenvalue weighted by molar-refractivity contribution is 5.52. The van der Waals surface area contributed by atoms with Gasteiger partial charge >= 0.3 is 0 Å². The van der Waals surface area contributed by atoms with E-state index in [1.165, 1.54) is 0 Å². The zero-order valence-electron chi connectivity index (χ0n) is 14.5. The van der Waals surface area contributed by atoms with Crippen LogP contribution < -0.4 is 9.47 Å². The summed E-state index contributed by atoms with van der Waals surface area (Å²) in [5.74, 6) is 4.65. The van der Waals surface area contributed by atoms with Gasteiger partial charge in [0.25, 0.3) is 0 Å². The van der Waals surface area contributed by atoms with Crippen molar-refractivity contribution < 1.29 is 18.6 Å². The maximum absolute atomic E-state index is 5.72. The topological polar surface area (TPSA) is 71.5 Å². The quantitative estimate of drug-likeness (QED) is 0.720. The predicted octanol–water partition coefficient (Wildman–Crippen LogP) is 3.11. The molecule has 0 aliphatic carbocycles. The van der Waals surface area contributed by atoms with E-state index in [-0.39, 0.29) is 5.92 Å². The van der Waals surface area contributed by atoms with Gasteiger partial charge in [-0.1, -0.05) is 0 Å². The van der Waals surface area contributed by atoms with Gasteiger partial charge in [0, 0.05) is 18.6 Å². The lowest BCUT2D eigenvalue weighted by molar-refractivity contribution is 0.171. The second kappa shape index (κ2) is 6.17. The van der Waals surface area contributed by atoms with Crippen molar-refractivity contribution in [3.8, 4) is 28.8 Å². The maximum Gasteiger partial charge on any atom is 0.217 e. The van der Waals surface area contributed by atoms with E-state index in [2.05, 4.69) is 0 Å². The highest BCUT2D eigenvalue weighted by Crippen LogP contribution is 2.34. The molecule has 1 saturated heterocycles. The molecule has 0 amide bonds. The molecule has 3 aromatic rings. The van der Waals surface area contributed by atoms with E-state index < -0.39 is 0 Å². The van der Waals surface area contributed by atoms with Gasteiger partial charge in [-0.3, -0.25) is 0 Å². The van der Waals surface area contributed by atoms with E-state index in [1.807, 2.05) is 41.9 Å². The Bertz CT molecular complexity index is 940. The van der Waals surface area contributed by atoms with Gasteiger partial charge < -0.3 is 18.6 Å². The SMILES string of the molecule is Cc1ccc(-c2nc([C@H]3CCOC3)n(-c3ccc4c(c3)OCCO4)n2)o1. The number of fused-ring (bicyclic) bond motifs is 1. The van der Waals surface area contributed by atoms with Crippen LogP contribution in [0.2, 0.25) is 0 Å². The Balaban J connectivity index is 1.61. The molecule has 0 radical (unpaired) electrons. The summed E-state index contributed by atoms with van der Waals surface area (Å²) < 4.78 is 24.5. The van der Waals surface area contributed by atoms with Crippen LogP contribution in [0.1, 0.15) is 23.9 Å². The zero-order valence-corrected chi connectivity index (χ0v) is 14.5. The van der Waals surface area contributed by atoms with E-state index in [0.717, 1.165) is 41.8 Å². The number of aryl methyl sites for hydroxylation is 1. The average Bonchev–Trinajstić information content (AvgIpc) is 3.41. The number of hydrogen-bond donors (Lipinski definition) is 0. The summed E-state index contributed by atoms with van der Waals surface area (Å²) in [6.45, 7) is 4.43. The van der Waals surface area contributed by atoms with E-state index in [0.29, 0.717) is 31.4 Å². The third-order valence-electron chi connectivity index (χ3n) is 4.66. The molecular weight excluding hydrogens is 334 g/mol. The van der Waals surface area contributed by atoms with Crippen molar-refractivity contribution >= 4 is 0 Å². The molecule has 4 heterocycles. The van der Waals surface area contributed by atoms with Crippen LogP contribution >= 0.6 is 0 Å². The first-order valence-corrected chi connectivity index (χ1v) is 8.79. The zero-order chi connectivity index (χ0) is 17.5. The third-order valence-corrected chi connectivity index (χ3v) is 4.66. The van der Waals surface area contributed by atoms with Gasteiger partial charge in [0.2, 0.25) is 5.82 Å². The summed E-state index contributed by atoms with van der Waals surface area (Å²) >= 11 is 0. The molecule has 0 saturated carbocycles. The monoisotopic (exact) mass is 353 g/mol. The first-order chi connectivity index (χ1) is 12.8. The van der Waals surface area contributed by atoms with Gasteiger partial charge in [0.1, 0.15) is 24.8 Å². The Morgan fingerprint density at radius 1 is 1.04 bits per heavy atom. The molecular formula is C19H19N3O4. The highest BCUT2D eigenvalue weighted by Gasteiger charge is 2.27. The molecule has 1 fully saturated rings. The largest absolute Gasteiger partial charge is 0.486 e. The van der Waals surface area contributed by atoms with Gasteiger partial charge in [-0.2, -0.15) is 0 Å². The lowest BCUT2D eigenvalue weighted by atomic mass is 10.1. The van der Waals surface area contributed by atoms with Crippen molar-refractivity contribution in [3.63, 3.8) is 0 Å². The normalized spacial score (nSPS) is 19.0. The van der Waals surface area contributed by atoms with Crippen molar-refractivity contribution in [2.24, 2.45) is 0 Å². The summed E-state index contributed by atoms with van der Waals surface area (Å²) in [7, 11) is 0. The molecule has 7 heteroatoms. The number of hydrogen-bond acceptors (Lipinski definition) is 6. The molecule has 0 unspecified atom stereocenters. The Morgan fingerprint density at radius 3 is 2.69 bits per heavy atom. The fourth-order valence-corrected chi connectivity index (χ4v) is 3.34. The summed E-state index contributed by atoms with van der Waals surface area (Å²) in [6, 6.07) is 9.64. The fraction of sp³-hybridized carbons (Fsp3) is 0.368. The second-order valence-corrected chi connectivity index (χ2v) is 6.50. The predicted molar refractivity (Wildman–Crippen MR) is 93.0 cm³/mol. The minimum absolute atomic E-state index is 0.209. The molecule has 2 aromatic heterocycles.